The van der Waals surface area contributed by atoms with Gasteiger partial charge < -0.3 is 20.5 Å². The molecule has 5 aromatic rings. The smallest absolute Gasteiger partial charge is 0.248 e. The monoisotopic (exact) mass is 495 g/mol. The van der Waals surface area contributed by atoms with E-state index in [1.165, 1.54) is 6.07 Å². The number of hydrogen-bond acceptors (Lipinski definition) is 5. The predicted molar refractivity (Wildman–Crippen MR) is 143 cm³/mol. The topological polar surface area (TPSA) is 119 Å². The fraction of sp³-hybridized carbons (Fsp3) is 0.207. The van der Waals surface area contributed by atoms with Crippen molar-refractivity contribution in [2.24, 2.45) is 12.8 Å². The van der Waals surface area contributed by atoms with E-state index < -0.39 is 12.0 Å². The molecule has 0 radical (unpaired) electrons. The van der Waals surface area contributed by atoms with Gasteiger partial charge in [0.1, 0.15) is 11.6 Å². The lowest BCUT2D eigenvalue weighted by atomic mass is 10.0. The number of aliphatic hydroxyl groups excluding tert-OH is 1. The number of carbonyl (C=O) groups excluding carboxylic acids is 1. The third-order valence-electron chi connectivity index (χ3n) is 6.61. The molecule has 3 aromatic carbocycles. The van der Waals surface area contributed by atoms with Gasteiger partial charge in [0, 0.05) is 35.5 Å². The van der Waals surface area contributed by atoms with Gasteiger partial charge in [-0.15, -0.1) is 0 Å². The van der Waals surface area contributed by atoms with Gasteiger partial charge in [-0.1, -0.05) is 56.3 Å². The summed E-state index contributed by atoms with van der Waals surface area (Å²) < 4.78 is 3.74. The third-order valence-corrected chi connectivity index (χ3v) is 6.61. The largest absolute Gasteiger partial charge is 0.507 e. The van der Waals surface area contributed by atoms with Crippen LogP contribution in [0, 0.1) is 0 Å². The van der Waals surface area contributed by atoms with Crippen LogP contribution in [0.5, 0.6) is 5.75 Å². The van der Waals surface area contributed by atoms with E-state index >= 15 is 0 Å². The Bertz CT molecular complexity index is 1600. The molecule has 0 aliphatic rings. The molecule has 1 amide bonds. The first-order valence-electron chi connectivity index (χ1n) is 12.1. The molecular formula is C29H29N5O3. The van der Waals surface area contributed by atoms with Crippen molar-refractivity contribution in [3.63, 3.8) is 0 Å². The highest BCUT2D eigenvalue weighted by atomic mass is 16.3. The van der Waals surface area contributed by atoms with E-state index in [1.807, 2.05) is 66.3 Å². The van der Waals surface area contributed by atoms with Crippen LogP contribution in [0.15, 0.2) is 72.9 Å². The number of rotatable bonds is 7. The Morgan fingerprint density at radius 3 is 2.46 bits per heavy atom. The molecule has 0 aliphatic carbocycles. The normalized spacial score (nSPS) is 12.4. The standard InChI is InChI=1S/C29H29N5O3/c1-17(2)27-26(31-29(33(27)3)21-13-12-19(28(30)37)14-24(21)35)20-10-7-11-23-22(20)15-34(32-23)16-25(36)18-8-5-4-6-9-18/h4-15,17,25,35-36H,16H2,1-3H3,(H2,30,37)/t25-/m0/s1. The van der Waals surface area contributed by atoms with E-state index in [-0.39, 0.29) is 17.2 Å². The van der Waals surface area contributed by atoms with E-state index in [0.717, 1.165) is 33.4 Å². The Kier molecular flexibility index (Phi) is 6.27. The zero-order chi connectivity index (χ0) is 26.3. The van der Waals surface area contributed by atoms with Gasteiger partial charge in [-0.05, 0) is 35.7 Å². The molecule has 8 heteroatoms. The summed E-state index contributed by atoms with van der Waals surface area (Å²) in [6.45, 7) is 4.52. The number of aliphatic hydroxyl groups is 1. The molecule has 37 heavy (non-hydrogen) atoms. The number of phenols is 1. The highest BCUT2D eigenvalue weighted by molar-refractivity contribution is 5.95. The number of nitrogens with two attached hydrogens (primary N) is 1. The lowest BCUT2D eigenvalue weighted by molar-refractivity contribution is 0.1000. The number of aromatic hydroxyl groups is 1. The highest BCUT2D eigenvalue weighted by Gasteiger charge is 2.23. The van der Waals surface area contributed by atoms with Gasteiger partial charge in [0.25, 0.3) is 0 Å². The Hall–Kier alpha value is -4.43. The molecule has 0 fully saturated rings. The van der Waals surface area contributed by atoms with Crippen LogP contribution in [-0.2, 0) is 13.6 Å². The van der Waals surface area contributed by atoms with Gasteiger partial charge >= 0.3 is 0 Å². The Balaban J connectivity index is 1.60. The minimum Gasteiger partial charge on any atom is -0.507 e. The first-order valence-corrected chi connectivity index (χ1v) is 12.1. The maximum atomic E-state index is 11.5. The minimum absolute atomic E-state index is 0.0628. The summed E-state index contributed by atoms with van der Waals surface area (Å²) in [7, 11) is 1.92. The quantitative estimate of drug-likeness (QED) is 0.301. The second-order valence-corrected chi connectivity index (χ2v) is 9.50. The van der Waals surface area contributed by atoms with Crippen LogP contribution in [0.1, 0.15) is 47.5 Å². The maximum Gasteiger partial charge on any atom is 0.248 e. The number of carbonyl (C=O) groups is 1. The first-order chi connectivity index (χ1) is 17.7. The van der Waals surface area contributed by atoms with Crippen molar-refractivity contribution in [1.82, 2.24) is 19.3 Å². The van der Waals surface area contributed by atoms with Crippen molar-refractivity contribution in [2.45, 2.75) is 32.4 Å². The zero-order valence-electron chi connectivity index (χ0n) is 21.0. The number of hydrogen-bond donors (Lipinski definition) is 3. The number of benzene rings is 3. The summed E-state index contributed by atoms with van der Waals surface area (Å²) in [4.78, 5) is 16.5. The van der Waals surface area contributed by atoms with E-state index in [9.17, 15) is 15.0 Å². The van der Waals surface area contributed by atoms with Gasteiger partial charge in [-0.3, -0.25) is 9.48 Å². The Morgan fingerprint density at radius 1 is 1.03 bits per heavy atom. The number of nitrogens with zero attached hydrogens (tertiary/aromatic N) is 4. The summed E-state index contributed by atoms with van der Waals surface area (Å²) in [5.74, 6) is 0.0492. The van der Waals surface area contributed by atoms with Gasteiger partial charge in [-0.2, -0.15) is 5.10 Å². The van der Waals surface area contributed by atoms with Gasteiger partial charge in [0.2, 0.25) is 5.91 Å². The van der Waals surface area contributed by atoms with Crippen molar-refractivity contribution in [3.05, 3.63) is 89.7 Å². The van der Waals surface area contributed by atoms with E-state index in [2.05, 4.69) is 13.8 Å². The van der Waals surface area contributed by atoms with Crippen molar-refractivity contribution in [3.8, 4) is 28.4 Å². The average Bonchev–Trinajstić information content (AvgIpc) is 3.44. The fourth-order valence-corrected chi connectivity index (χ4v) is 4.83. The third kappa shape index (κ3) is 4.47. The number of amides is 1. The van der Waals surface area contributed by atoms with Crippen LogP contribution in [0.25, 0.3) is 33.5 Å². The molecule has 2 heterocycles. The summed E-state index contributed by atoms with van der Waals surface area (Å²) in [5.41, 5.74) is 10.4. The fourth-order valence-electron chi connectivity index (χ4n) is 4.83. The van der Waals surface area contributed by atoms with Crippen molar-refractivity contribution >= 4 is 16.8 Å². The number of phenolic OH excluding ortho intramolecular Hbond substituents is 1. The van der Waals surface area contributed by atoms with Gasteiger partial charge in [0.15, 0.2) is 0 Å². The van der Waals surface area contributed by atoms with E-state index in [1.54, 1.807) is 16.8 Å². The second kappa shape index (κ2) is 9.55. The Labute approximate surface area is 214 Å². The van der Waals surface area contributed by atoms with Crippen LogP contribution in [-0.4, -0.2) is 35.5 Å². The molecule has 0 unspecified atom stereocenters. The van der Waals surface area contributed by atoms with Crippen LogP contribution in [0.2, 0.25) is 0 Å². The van der Waals surface area contributed by atoms with Crippen molar-refractivity contribution in [2.75, 3.05) is 0 Å². The van der Waals surface area contributed by atoms with E-state index in [4.69, 9.17) is 15.8 Å². The van der Waals surface area contributed by atoms with Gasteiger partial charge in [-0.25, -0.2) is 4.98 Å². The molecule has 0 spiro atoms. The molecule has 4 N–H and O–H groups in total. The molecule has 8 nitrogen and oxygen atoms in total. The first kappa shape index (κ1) is 24.3. The molecule has 0 saturated heterocycles. The number of fused-ring (bicyclic) bond motifs is 1. The summed E-state index contributed by atoms with van der Waals surface area (Å²) in [6, 6.07) is 20.0. The van der Waals surface area contributed by atoms with Crippen LogP contribution >= 0.6 is 0 Å². The molecular weight excluding hydrogens is 466 g/mol. The van der Waals surface area contributed by atoms with Crippen molar-refractivity contribution in [1.29, 1.82) is 0 Å². The second-order valence-electron chi connectivity index (χ2n) is 9.50. The number of primary amides is 1. The van der Waals surface area contributed by atoms with E-state index in [0.29, 0.717) is 17.9 Å². The molecule has 2 aromatic heterocycles. The SMILES string of the molecule is CC(C)c1c(-c2cccc3nn(C[C@H](O)c4ccccc4)cc23)nc(-c2ccc(C(N)=O)cc2O)n1C. The molecule has 0 aliphatic heterocycles. The van der Waals surface area contributed by atoms with Crippen molar-refractivity contribution < 1.29 is 15.0 Å². The number of aromatic nitrogens is 4. The predicted octanol–water partition coefficient (Wildman–Crippen LogP) is 4.77. The number of imidazole rings is 1. The summed E-state index contributed by atoms with van der Waals surface area (Å²) in [6.07, 6.45) is 1.26. The maximum absolute atomic E-state index is 11.5. The average molecular weight is 496 g/mol. The zero-order valence-corrected chi connectivity index (χ0v) is 21.0. The van der Waals surface area contributed by atoms with Crippen LogP contribution < -0.4 is 5.73 Å². The highest BCUT2D eigenvalue weighted by Crippen LogP contribution is 2.38. The molecule has 5 rings (SSSR count). The summed E-state index contributed by atoms with van der Waals surface area (Å²) in [5, 5.41) is 27.0. The van der Waals surface area contributed by atoms with Crippen LogP contribution in [0.4, 0.5) is 0 Å². The molecule has 188 valence electrons. The van der Waals surface area contributed by atoms with Gasteiger partial charge in [0.05, 0.1) is 29.4 Å². The molecule has 0 saturated carbocycles. The lowest BCUT2D eigenvalue weighted by Crippen LogP contribution is -2.10. The summed E-state index contributed by atoms with van der Waals surface area (Å²) >= 11 is 0. The lowest BCUT2D eigenvalue weighted by Gasteiger charge is -2.12. The molecule has 1 atom stereocenters. The molecule has 0 bridgehead atoms. The van der Waals surface area contributed by atoms with Crippen LogP contribution in [0.3, 0.4) is 0 Å². The minimum atomic E-state index is -0.682. The Morgan fingerprint density at radius 2 is 1.78 bits per heavy atom.